The van der Waals surface area contributed by atoms with Crippen LogP contribution in [-0.4, -0.2) is 80.7 Å². The first-order valence-electron chi connectivity index (χ1n) is 13.5. The van der Waals surface area contributed by atoms with Gasteiger partial charge in [0.05, 0.1) is 47.4 Å². The maximum Gasteiger partial charge on any atom is 0.410 e. The number of aliphatic imine (C=N–C) groups is 1. The number of allylic oxidation sites excluding steroid dienone is 1. The number of nitrogens with zero attached hydrogens (tertiary/aromatic N) is 8. The molecule has 1 amide bonds. The number of aromatic nitrogens is 4. The minimum absolute atomic E-state index is 0.0984. The van der Waals surface area contributed by atoms with Gasteiger partial charge in [0.2, 0.25) is 0 Å². The fourth-order valence-corrected chi connectivity index (χ4v) is 5.17. The van der Waals surface area contributed by atoms with Crippen molar-refractivity contribution in [3.63, 3.8) is 0 Å². The van der Waals surface area contributed by atoms with Crippen molar-refractivity contribution in [1.29, 1.82) is 5.26 Å². The zero-order valence-corrected chi connectivity index (χ0v) is 23.8. The van der Waals surface area contributed by atoms with E-state index in [4.69, 9.17) is 14.7 Å². The van der Waals surface area contributed by atoms with E-state index in [-0.39, 0.29) is 24.2 Å². The molecule has 0 saturated carbocycles. The van der Waals surface area contributed by atoms with E-state index in [0.717, 1.165) is 28.9 Å². The van der Waals surface area contributed by atoms with E-state index in [1.165, 1.54) is 0 Å². The van der Waals surface area contributed by atoms with Gasteiger partial charge in [0.15, 0.2) is 0 Å². The Morgan fingerprint density at radius 3 is 2.58 bits per heavy atom. The number of fused-ring (bicyclic) bond motifs is 3. The third kappa shape index (κ3) is 5.34. The first-order chi connectivity index (χ1) is 19.1. The minimum atomic E-state index is -0.517. The number of amides is 1. The highest BCUT2D eigenvalue weighted by molar-refractivity contribution is 6.10. The van der Waals surface area contributed by atoms with E-state index >= 15 is 0 Å². The molecular weight excluding hydrogens is 506 g/mol. The lowest BCUT2D eigenvalue weighted by molar-refractivity contribution is -0.0380. The molecule has 3 aromatic rings. The molecule has 3 saturated heterocycles. The van der Waals surface area contributed by atoms with Crippen molar-refractivity contribution in [3.05, 3.63) is 48.2 Å². The molecule has 3 aliphatic rings. The Labute approximate surface area is 234 Å². The van der Waals surface area contributed by atoms with E-state index in [2.05, 4.69) is 26.4 Å². The molecule has 3 aromatic heterocycles. The predicted octanol–water partition coefficient (Wildman–Crippen LogP) is 3.90. The van der Waals surface area contributed by atoms with Crippen LogP contribution in [-0.2, 0) is 4.74 Å². The molecule has 3 fully saturated rings. The smallest absolute Gasteiger partial charge is 0.410 e. The molecule has 2 atom stereocenters. The van der Waals surface area contributed by atoms with Gasteiger partial charge in [-0.2, -0.15) is 10.4 Å². The molecule has 6 heterocycles. The van der Waals surface area contributed by atoms with Gasteiger partial charge in [0.1, 0.15) is 17.5 Å². The van der Waals surface area contributed by atoms with Gasteiger partial charge >= 0.3 is 6.09 Å². The van der Waals surface area contributed by atoms with Crippen molar-refractivity contribution < 1.29 is 9.53 Å². The molecule has 0 spiro atoms. The first kappa shape index (κ1) is 27.1. The van der Waals surface area contributed by atoms with Gasteiger partial charge in [-0.1, -0.05) is 0 Å². The highest BCUT2D eigenvalue weighted by Crippen LogP contribution is 2.36. The third-order valence-electron chi connectivity index (χ3n) is 6.91. The molecule has 40 heavy (non-hydrogen) atoms. The van der Waals surface area contributed by atoms with Crippen LogP contribution in [0.15, 0.2) is 42.0 Å². The van der Waals surface area contributed by atoms with E-state index < -0.39 is 5.60 Å². The fourth-order valence-electron chi connectivity index (χ4n) is 5.17. The number of nitriles is 1. The highest BCUT2D eigenvalue weighted by Gasteiger charge is 2.49. The van der Waals surface area contributed by atoms with Crippen LogP contribution in [0.2, 0.25) is 0 Å². The van der Waals surface area contributed by atoms with Gasteiger partial charge in [0, 0.05) is 61.5 Å². The second kappa shape index (κ2) is 10.6. The van der Waals surface area contributed by atoms with Crippen LogP contribution in [0.1, 0.15) is 52.2 Å². The Hall–Kier alpha value is -4.46. The SMILES string of the molecule is CN/C=C(\C=N\C(C)C)c1cc(-c2cnc(N3CC4CC(C3)N4C(=O)OC(C)(C)C)cn2)c2c(C#N)cnn2c1. The van der Waals surface area contributed by atoms with Gasteiger partial charge < -0.3 is 15.0 Å². The fraction of sp³-hybridized carbons (Fsp3) is 0.448. The molecule has 2 bridgehead atoms. The zero-order chi connectivity index (χ0) is 28.6. The monoisotopic (exact) mass is 541 g/mol. The minimum Gasteiger partial charge on any atom is -0.444 e. The molecule has 0 aromatic carbocycles. The average Bonchev–Trinajstić information content (AvgIpc) is 3.32. The Bertz CT molecular complexity index is 1500. The Morgan fingerprint density at radius 2 is 1.98 bits per heavy atom. The summed E-state index contributed by atoms with van der Waals surface area (Å²) in [6.07, 6.45) is 11.4. The maximum atomic E-state index is 12.6. The summed E-state index contributed by atoms with van der Waals surface area (Å²) in [5.74, 6) is 0.753. The van der Waals surface area contributed by atoms with Crippen molar-refractivity contribution in [2.75, 3.05) is 25.0 Å². The highest BCUT2D eigenvalue weighted by atomic mass is 16.6. The predicted molar refractivity (Wildman–Crippen MR) is 154 cm³/mol. The number of carbonyl (C=O) groups is 1. The number of nitrogens with one attached hydrogen (secondary N) is 1. The summed E-state index contributed by atoms with van der Waals surface area (Å²) in [6, 6.07) is 4.57. The second-order valence-electron chi connectivity index (χ2n) is 11.5. The van der Waals surface area contributed by atoms with Crippen molar-refractivity contribution in [3.8, 4) is 17.3 Å². The number of carbonyl (C=O) groups excluding carboxylic acids is 1. The number of pyridine rings is 1. The lowest BCUT2D eigenvalue weighted by Gasteiger charge is -2.55. The van der Waals surface area contributed by atoms with Crippen LogP contribution >= 0.6 is 0 Å². The van der Waals surface area contributed by atoms with Gasteiger partial charge in [-0.15, -0.1) is 0 Å². The number of piperazine rings is 1. The van der Waals surface area contributed by atoms with Crippen molar-refractivity contribution in [2.24, 2.45) is 4.99 Å². The number of piperidine rings is 1. The van der Waals surface area contributed by atoms with Crippen LogP contribution in [0.4, 0.5) is 10.6 Å². The van der Waals surface area contributed by atoms with Gasteiger partial charge in [-0.25, -0.2) is 14.3 Å². The molecule has 11 heteroatoms. The summed E-state index contributed by atoms with van der Waals surface area (Å²) in [5, 5.41) is 17.3. The summed E-state index contributed by atoms with van der Waals surface area (Å²) < 4.78 is 7.30. The molecule has 208 valence electrons. The molecule has 6 rings (SSSR count). The number of hydrogen-bond acceptors (Lipinski definition) is 9. The van der Waals surface area contributed by atoms with Crippen LogP contribution in [0, 0.1) is 11.3 Å². The summed E-state index contributed by atoms with van der Waals surface area (Å²) in [5.41, 5.74) is 3.75. The van der Waals surface area contributed by atoms with Gasteiger partial charge in [-0.05, 0) is 47.1 Å². The topological polar surface area (TPSA) is 124 Å². The Balaban J connectivity index is 1.43. The second-order valence-corrected chi connectivity index (χ2v) is 11.5. The van der Waals surface area contributed by atoms with E-state index in [0.29, 0.717) is 29.9 Å². The summed E-state index contributed by atoms with van der Waals surface area (Å²) >= 11 is 0. The molecule has 0 aliphatic carbocycles. The molecule has 1 N–H and O–H groups in total. The van der Waals surface area contributed by atoms with Crippen LogP contribution in [0.5, 0.6) is 0 Å². The first-order valence-corrected chi connectivity index (χ1v) is 13.5. The summed E-state index contributed by atoms with van der Waals surface area (Å²) in [4.78, 5) is 30.7. The summed E-state index contributed by atoms with van der Waals surface area (Å²) in [6.45, 7) is 11.0. The number of hydrogen-bond donors (Lipinski definition) is 1. The van der Waals surface area contributed by atoms with Crippen molar-refractivity contribution in [2.45, 2.75) is 64.8 Å². The van der Waals surface area contributed by atoms with Crippen molar-refractivity contribution in [1.82, 2.24) is 29.8 Å². The number of anilines is 1. The van der Waals surface area contributed by atoms with Crippen LogP contribution in [0.25, 0.3) is 22.3 Å². The normalized spacial score (nSPS) is 19.2. The lowest BCUT2D eigenvalue weighted by atomic mass is 9.88. The molecule has 3 aliphatic heterocycles. The maximum absolute atomic E-state index is 12.6. The largest absolute Gasteiger partial charge is 0.444 e. The van der Waals surface area contributed by atoms with E-state index in [9.17, 15) is 10.1 Å². The van der Waals surface area contributed by atoms with E-state index in [1.807, 2.05) is 71.2 Å². The number of ether oxygens (including phenoxy) is 1. The molecule has 11 nitrogen and oxygen atoms in total. The Kier molecular flexibility index (Phi) is 7.19. The average molecular weight is 542 g/mol. The van der Waals surface area contributed by atoms with Gasteiger partial charge in [-0.3, -0.25) is 14.9 Å². The van der Waals surface area contributed by atoms with Crippen LogP contribution < -0.4 is 10.2 Å². The molecule has 2 unspecified atom stereocenters. The lowest BCUT2D eigenvalue weighted by Crippen LogP contribution is -2.70. The Morgan fingerprint density at radius 1 is 1.23 bits per heavy atom. The quantitative estimate of drug-likeness (QED) is 0.466. The summed E-state index contributed by atoms with van der Waals surface area (Å²) in [7, 11) is 1.84. The number of rotatable bonds is 6. The zero-order valence-electron chi connectivity index (χ0n) is 23.8. The van der Waals surface area contributed by atoms with Gasteiger partial charge in [0.25, 0.3) is 0 Å². The molecular formula is C29H35N9O2. The standard InChI is InChI=1S/C29H35N9O2/c1-18(2)32-11-21(10-31-6)19-7-24(27-20(9-30)12-35-37(27)15-19)25-13-34-26(14-33-25)36-16-22-8-23(17-36)38(22)28(39)40-29(3,4)5/h7,10-15,18,22-23,31H,8,16-17H2,1-6H3/b21-10+,32-11+. The van der Waals surface area contributed by atoms with E-state index in [1.54, 1.807) is 23.1 Å². The van der Waals surface area contributed by atoms with Crippen molar-refractivity contribution >= 4 is 29.2 Å². The van der Waals surface area contributed by atoms with Crippen LogP contribution in [0.3, 0.4) is 0 Å². The molecule has 0 radical (unpaired) electrons. The third-order valence-corrected chi connectivity index (χ3v) is 6.91.